The molecule has 0 aliphatic heterocycles. The van der Waals surface area contributed by atoms with E-state index in [0.29, 0.717) is 0 Å². The van der Waals surface area contributed by atoms with Crippen molar-refractivity contribution in [2.75, 3.05) is 4.90 Å². The van der Waals surface area contributed by atoms with E-state index < -0.39 is 0 Å². The molecule has 9 aromatic carbocycles. The van der Waals surface area contributed by atoms with Crippen LogP contribution in [-0.2, 0) is 10.8 Å². The summed E-state index contributed by atoms with van der Waals surface area (Å²) in [5.41, 5.74) is 21.5. The molecule has 0 saturated heterocycles. The fourth-order valence-electron chi connectivity index (χ4n) is 10.2. The maximum Gasteiger partial charge on any atom is 0.0465 e. The van der Waals surface area contributed by atoms with Crippen LogP contribution in [-0.4, -0.2) is 0 Å². The molecule has 0 bridgehead atoms. The van der Waals surface area contributed by atoms with E-state index in [4.69, 9.17) is 0 Å². The predicted octanol–water partition coefficient (Wildman–Crippen LogP) is 15.9. The van der Waals surface area contributed by atoms with Crippen LogP contribution in [0.15, 0.2) is 200 Å². The van der Waals surface area contributed by atoms with Crippen molar-refractivity contribution >= 4 is 27.8 Å². The first-order valence-electron chi connectivity index (χ1n) is 20.8. The number of hydrogen-bond acceptors (Lipinski definition) is 1. The van der Waals surface area contributed by atoms with Crippen LogP contribution in [0.5, 0.6) is 0 Å². The Morgan fingerprint density at radius 3 is 1.58 bits per heavy atom. The third kappa shape index (κ3) is 5.53. The van der Waals surface area contributed by atoms with Crippen LogP contribution in [0.4, 0.5) is 17.1 Å². The average molecular weight is 756 g/mol. The summed E-state index contributed by atoms with van der Waals surface area (Å²) in [6, 6.07) is 74.1. The van der Waals surface area contributed by atoms with Gasteiger partial charge in [0.2, 0.25) is 0 Å². The summed E-state index contributed by atoms with van der Waals surface area (Å²) in [5.74, 6) is 0. The largest absolute Gasteiger partial charge is 0.310 e. The first-order valence-corrected chi connectivity index (χ1v) is 20.8. The van der Waals surface area contributed by atoms with E-state index in [1.54, 1.807) is 0 Å². The number of fused-ring (bicyclic) bond motifs is 5. The lowest BCUT2D eigenvalue weighted by Crippen LogP contribution is -2.24. The Balaban J connectivity index is 0.955. The first-order chi connectivity index (χ1) is 28.8. The average Bonchev–Trinajstić information content (AvgIpc) is 3.51. The van der Waals surface area contributed by atoms with Crippen molar-refractivity contribution in [2.45, 2.75) is 38.5 Å². The van der Waals surface area contributed by atoms with Crippen molar-refractivity contribution in [2.24, 2.45) is 0 Å². The van der Waals surface area contributed by atoms with Gasteiger partial charge in [-0.2, -0.15) is 0 Å². The minimum Gasteiger partial charge on any atom is -0.310 e. The van der Waals surface area contributed by atoms with Crippen LogP contribution in [0.3, 0.4) is 0 Å². The van der Waals surface area contributed by atoms with Crippen LogP contribution >= 0.6 is 0 Å². The molecule has 0 unspecified atom stereocenters. The number of hydrogen-bond donors (Lipinski definition) is 0. The highest BCUT2D eigenvalue weighted by Gasteiger charge is 2.37. The third-order valence-electron chi connectivity index (χ3n) is 13.3. The molecule has 0 saturated carbocycles. The lowest BCUT2D eigenvalue weighted by molar-refractivity contribution is 0.645. The normalized spacial score (nSPS) is 14.0. The van der Waals surface area contributed by atoms with E-state index >= 15 is 0 Å². The van der Waals surface area contributed by atoms with Gasteiger partial charge in [0.15, 0.2) is 0 Å². The molecule has 59 heavy (non-hydrogen) atoms. The standard InChI is InChI=1S/C58H45N/c1-57(2)51-20-12-11-19-48(51)49-35-32-46(37-54(49)57)59(44-17-9-6-10-18-44)45-30-26-40(27-31-45)39-22-24-41(25-23-39)47-33-28-42-16-13-21-52-55(42)56(47)50-34-29-43(36-53(50)58(52,3)4)38-14-7-5-8-15-38/h5-37H,1-4H3. The predicted molar refractivity (Wildman–Crippen MR) is 250 cm³/mol. The molecule has 0 aromatic heterocycles. The maximum absolute atomic E-state index is 2.43. The van der Waals surface area contributed by atoms with E-state index in [0.717, 1.165) is 17.1 Å². The minimum atomic E-state index is -0.139. The summed E-state index contributed by atoms with van der Waals surface area (Å²) in [4.78, 5) is 2.38. The fraction of sp³-hybridized carbons (Fsp3) is 0.103. The van der Waals surface area contributed by atoms with Crippen molar-refractivity contribution in [3.8, 4) is 55.6 Å². The molecule has 282 valence electrons. The highest BCUT2D eigenvalue weighted by atomic mass is 15.1. The highest BCUT2D eigenvalue weighted by molar-refractivity contribution is 6.09. The maximum atomic E-state index is 2.43. The van der Waals surface area contributed by atoms with Crippen LogP contribution in [0.1, 0.15) is 49.9 Å². The Morgan fingerprint density at radius 1 is 0.305 bits per heavy atom. The Labute approximate surface area is 347 Å². The second kappa shape index (κ2) is 13.3. The van der Waals surface area contributed by atoms with Gasteiger partial charge in [0.1, 0.15) is 0 Å². The lowest BCUT2D eigenvalue weighted by Gasteiger charge is -2.36. The highest BCUT2D eigenvalue weighted by Crippen LogP contribution is 2.53. The number of benzene rings is 9. The zero-order valence-corrected chi connectivity index (χ0v) is 34.0. The number of anilines is 3. The van der Waals surface area contributed by atoms with Crippen molar-refractivity contribution in [1.82, 2.24) is 0 Å². The SMILES string of the molecule is CC1(C)c2ccccc2-c2ccc(N(c3ccccc3)c3ccc(-c4ccc(-c5ccc6cccc7c6c5-c5ccc(-c6ccccc6)cc5C7(C)C)cc4)cc3)cc21. The van der Waals surface area contributed by atoms with E-state index in [2.05, 4.69) is 233 Å². The van der Waals surface area contributed by atoms with Gasteiger partial charge in [-0.1, -0.05) is 185 Å². The van der Waals surface area contributed by atoms with E-state index in [1.807, 2.05) is 0 Å². The molecule has 1 heteroatoms. The quantitative estimate of drug-likeness (QED) is 0.163. The van der Waals surface area contributed by atoms with Crippen LogP contribution in [0.2, 0.25) is 0 Å². The summed E-state index contributed by atoms with van der Waals surface area (Å²) in [6.45, 7) is 9.47. The zero-order chi connectivity index (χ0) is 39.9. The summed E-state index contributed by atoms with van der Waals surface area (Å²) >= 11 is 0. The second-order valence-electron chi connectivity index (χ2n) is 17.3. The van der Waals surface area contributed by atoms with Crippen LogP contribution in [0.25, 0.3) is 66.4 Å². The first kappa shape index (κ1) is 35.2. The van der Waals surface area contributed by atoms with E-state index in [1.165, 1.54) is 88.7 Å². The van der Waals surface area contributed by atoms with Crippen LogP contribution < -0.4 is 4.90 Å². The molecule has 0 fully saturated rings. The molecule has 0 heterocycles. The van der Waals surface area contributed by atoms with Gasteiger partial charge in [-0.3, -0.25) is 0 Å². The van der Waals surface area contributed by atoms with Crippen molar-refractivity contribution in [3.05, 3.63) is 222 Å². The van der Waals surface area contributed by atoms with Gasteiger partial charge in [0.25, 0.3) is 0 Å². The van der Waals surface area contributed by atoms with Gasteiger partial charge in [-0.05, 0) is 131 Å². The van der Waals surface area contributed by atoms with Gasteiger partial charge in [-0.15, -0.1) is 0 Å². The van der Waals surface area contributed by atoms with E-state index in [9.17, 15) is 0 Å². The smallest absolute Gasteiger partial charge is 0.0465 e. The molecule has 0 amide bonds. The van der Waals surface area contributed by atoms with Gasteiger partial charge >= 0.3 is 0 Å². The van der Waals surface area contributed by atoms with Crippen molar-refractivity contribution in [1.29, 1.82) is 0 Å². The molecule has 2 aliphatic carbocycles. The third-order valence-corrected chi connectivity index (χ3v) is 13.3. The summed E-state index contributed by atoms with van der Waals surface area (Å²) in [5, 5.41) is 2.66. The van der Waals surface area contributed by atoms with Gasteiger partial charge < -0.3 is 4.90 Å². The fourth-order valence-corrected chi connectivity index (χ4v) is 10.2. The van der Waals surface area contributed by atoms with Crippen LogP contribution in [0, 0.1) is 0 Å². The van der Waals surface area contributed by atoms with Gasteiger partial charge in [0, 0.05) is 27.9 Å². The van der Waals surface area contributed by atoms with Crippen molar-refractivity contribution in [3.63, 3.8) is 0 Å². The summed E-state index contributed by atoms with van der Waals surface area (Å²) in [7, 11) is 0. The Bertz CT molecular complexity index is 3060. The lowest BCUT2D eigenvalue weighted by atomic mass is 9.67. The molecule has 11 rings (SSSR count). The number of nitrogens with zero attached hydrogens (tertiary/aromatic N) is 1. The molecular weight excluding hydrogens is 711 g/mol. The zero-order valence-electron chi connectivity index (χ0n) is 34.0. The molecule has 0 radical (unpaired) electrons. The van der Waals surface area contributed by atoms with Crippen molar-refractivity contribution < 1.29 is 0 Å². The monoisotopic (exact) mass is 755 g/mol. The summed E-state index contributed by atoms with van der Waals surface area (Å²) < 4.78 is 0. The number of para-hydroxylation sites is 1. The summed E-state index contributed by atoms with van der Waals surface area (Å²) in [6.07, 6.45) is 0. The molecule has 0 N–H and O–H groups in total. The molecule has 2 aliphatic rings. The topological polar surface area (TPSA) is 3.24 Å². The minimum absolute atomic E-state index is 0.0704. The Kier molecular flexibility index (Phi) is 7.94. The molecule has 0 spiro atoms. The Morgan fingerprint density at radius 2 is 0.814 bits per heavy atom. The second-order valence-corrected chi connectivity index (χ2v) is 17.3. The molecule has 9 aromatic rings. The molecule has 1 nitrogen and oxygen atoms in total. The molecular formula is C58H45N. The van der Waals surface area contributed by atoms with Gasteiger partial charge in [-0.25, -0.2) is 0 Å². The van der Waals surface area contributed by atoms with E-state index in [-0.39, 0.29) is 10.8 Å². The van der Waals surface area contributed by atoms with Gasteiger partial charge in [0.05, 0.1) is 0 Å². The Hall–Kier alpha value is -6.96. The number of rotatable bonds is 6. The molecule has 0 atom stereocenters.